The molecule has 104 valence electrons. The molecule has 6 nitrogen and oxygen atoms in total. The third-order valence-electron chi connectivity index (χ3n) is 3.74. The molecule has 0 aliphatic heterocycles. The fourth-order valence-corrected chi connectivity index (χ4v) is 2.63. The second kappa shape index (κ2) is 6.36. The van der Waals surface area contributed by atoms with Crippen LogP contribution in [0, 0.1) is 0 Å². The summed E-state index contributed by atoms with van der Waals surface area (Å²) in [6, 6.07) is 0.449. The highest BCUT2D eigenvalue weighted by Gasteiger charge is 2.22. The van der Waals surface area contributed by atoms with E-state index in [-0.39, 0.29) is 5.84 Å². The molecule has 1 aromatic heterocycles. The lowest BCUT2D eigenvalue weighted by atomic mass is 10.1. The van der Waals surface area contributed by atoms with Crippen molar-refractivity contribution in [3.8, 4) is 0 Å². The molecule has 0 aromatic carbocycles. The maximum absolute atomic E-state index is 8.83. The number of hydrogen-bond acceptors (Lipinski definition) is 5. The molecule has 2 rings (SSSR count). The van der Waals surface area contributed by atoms with E-state index < -0.39 is 0 Å². The lowest BCUT2D eigenvalue weighted by Crippen LogP contribution is -2.34. The molecule has 6 heteroatoms. The van der Waals surface area contributed by atoms with Crippen molar-refractivity contribution >= 4 is 11.7 Å². The van der Waals surface area contributed by atoms with E-state index in [1.54, 1.807) is 12.4 Å². The van der Waals surface area contributed by atoms with Crippen molar-refractivity contribution in [3.63, 3.8) is 0 Å². The van der Waals surface area contributed by atoms with Gasteiger partial charge in [0, 0.05) is 25.5 Å². The first kappa shape index (κ1) is 13.6. The molecule has 0 radical (unpaired) electrons. The first-order valence-corrected chi connectivity index (χ1v) is 6.75. The Hall–Kier alpha value is -1.85. The van der Waals surface area contributed by atoms with E-state index in [9.17, 15) is 0 Å². The van der Waals surface area contributed by atoms with Crippen molar-refractivity contribution in [2.24, 2.45) is 10.9 Å². The number of rotatable bonds is 3. The number of aromatic nitrogens is 2. The van der Waals surface area contributed by atoms with Gasteiger partial charge >= 0.3 is 0 Å². The molecular weight excluding hydrogens is 242 g/mol. The van der Waals surface area contributed by atoms with Crippen molar-refractivity contribution in [2.45, 2.75) is 44.6 Å². The van der Waals surface area contributed by atoms with Crippen LogP contribution in [0.3, 0.4) is 0 Å². The predicted octanol–water partition coefficient (Wildman–Crippen LogP) is 1.73. The fraction of sp³-hybridized carbons (Fsp3) is 0.615. The molecule has 0 unspecified atom stereocenters. The quantitative estimate of drug-likeness (QED) is 0.285. The van der Waals surface area contributed by atoms with Gasteiger partial charge in [0.1, 0.15) is 0 Å². The summed E-state index contributed by atoms with van der Waals surface area (Å²) < 4.78 is 0. The molecule has 0 spiro atoms. The Morgan fingerprint density at radius 1 is 1.26 bits per heavy atom. The van der Waals surface area contributed by atoms with Crippen LogP contribution in [0.4, 0.5) is 5.82 Å². The number of nitrogens with two attached hydrogens (primary N) is 1. The van der Waals surface area contributed by atoms with Crippen molar-refractivity contribution < 1.29 is 5.21 Å². The van der Waals surface area contributed by atoms with Crippen molar-refractivity contribution in [2.75, 3.05) is 11.9 Å². The molecule has 3 N–H and O–H groups in total. The Morgan fingerprint density at radius 2 is 1.89 bits per heavy atom. The van der Waals surface area contributed by atoms with Gasteiger partial charge in [-0.15, -0.1) is 0 Å². The van der Waals surface area contributed by atoms with E-state index in [4.69, 9.17) is 10.9 Å². The second-order valence-corrected chi connectivity index (χ2v) is 4.97. The van der Waals surface area contributed by atoms with Crippen LogP contribution in [0.25, 0.3) is 0 Å². The van der Waals surface area contributed by atoms with Gasteiger partial charge in [-0.3, -0.25) is 0 Å². The minimum atomic E-state index is 0.00331. The number of oxime groups is 1. The number of hydrogen-bond donors (Lipinski definition) is 2. The average molecular weight is 263 g/mol. The monoisotopic (exact) mass is 263 g/mol. The van der Waals surface area contributed by atoms with Crippen LogP contribution in [0.5, 0.6) is 0 Å². The highest BCUT2D eigenvalue weighted by atomic mass is 16.4. The van der Waals surface area contributed by atoms with Gasteiger partial charge in [0.25, 0.3) is 0 Å². The predicted molar refractivity (Wildman–Crippen MR) is 74.4 cm³/mol. The van der Waals surface area contributed by atoms with Crippen molar-refractivity contribution in [1.29, 1.82) is 0 Å². The van der Waals surface area contributed by atoms with Gasteiger partial charge in [0.15, 0.2) is 17.3 Å². The van der Waals surface area contributed by atoms with Crippen molar-refractivity contribution in [3.05, 3.63) is 18.1 Å². The van der Waals surface area contributed by atoms with Crippen LogP contribution in [0.1, 0.15) is 44.2 Å². The van der Waals surface area contributed by atoms with Crippen molar-refractivity contribution in [1.82, 2.24) is 9.97 Å². The van der Waals surface area contributed by atoms with Gasteiger partial charge in [-0.2, -0.15) is 0 Å². The van der Waals surface area contributed by atoms with Gasteiger partial charge in [-0.25, -0.2) is 9.97 Å². The summed E-state index contributed by atoms with van der Waals surface area (Å²) >= 11 is 0. The summed E-state index contributed by atoms with van der Waals surface area (Å²) in [5, 5.41) is 11.9. The summed E-state index contributed by atoms with van der Waals surface area (Å²) in [5.41, 5.74) is 6.11. The molecule has 19 heavy (non-hydrogen) atoms. The van der Waals surface area contributed by atoms with E-state index in [1.807, 2.05) is 7.05 Å². The average Bonchev–Trinajstić information content (AvgIpc) is 2.74. The van der Waals surface area contributed by atoms with Gasteiger partial charge in [-0.05, 0) is 12.8 Å². The lowest BCUT2D eigenvalue weighted by Gasteiger charge is -2.29. The van der Waals surface area contributed by atoms with Crippen LogP contribution < -0.4 is 10.6 Å². The van der Waals surface area contributed by atoms with Crippen LogP contribution in [-0.2, 0) is 0 Å². The second-order valence-electron chi connectivity index (χ2n) is 4.97. The molecule has 1 aliphatic rings. The molecular formula is C13H21N5O. The summed E-state index contributed by atoms with van der Waals surface area (Å²) in [5.74, 6) is 0.688. The van der Waals surface area contributed by atoms with Gasteiger partial charge in [0.05, 0.1) is 0 Å². The Kier molecular flexibility index (Phi) is 4.54. The zero-order valence-corrected chi connectivity index (χ0v) is 11.3. The Balaban J connectivity index is 2.24. The molecule has 1 saturated carbocycles. The largest absolute Gasteiger partial charge is 0.409 e. The van der Waals surface area contributed by atoms with E-state index >= 15 is 0 Å². The Morgan fingerprint density at radius 3 is 2.53 bits per heavy atom. The fourth-order valence-electron chi connectivity index (χ4n) is 2.63. The third-order valence-corrected chi connectivity index (χ3v) is 3.74. The lowest BCUT2D eigenvalue weighted by molar-refractivity contribution is 0.318. The highest BCUT2D eigenvalue weighted by Crippen LogP contribution is 2.25. The van der Waals surface area contributed by atoms with E-state index in [2.05, 4.69) is 20.0 Å². The highest BCUT2D eigenvalue weighted by molar-refractivity contribution is 5.99. The van der Waals surface area contributed by atoms with Crippen LogP contribution in [0.2, 0.25) is 0 Å². The minimum absolute atomic E-state index is 0.00331. The van der Waals surface area contributed by atoms with E-state index in [0.717, 1.165) is 12.8 Å². The third kappa shape index (κ3) is 3.13. The minimum Gasteiger partial charge on any atom is -0.409 e. The van der Waals surface area contributed by atoms with Gasteiger partial charge in [0.2, 0.25) is 0 Å². The van der Waals surface area contributed by atoms with Gasteiger partial charge in [-0.1, -0.05) is 30.8 Å². The van der Waals surface area contributed by atoms with Crippen LogP contribution in [0.15, 0.2) is 17.5 Å². The molecule has 1 heterocycles. The SMILES string of the molecule is CN(c1nccnc1C(N)=NO)C1CCCCCC1. The maximum atomic E-state index is 8.83. The molecule has 0 bridgehead atoms. The molecule has 1 aliphatic carbocycles. The normalized spacial score (nSPS) is 18.1. The summed E-state index contributed by atoms with van der Waals surface area (Å²) in [7, 11) is 2.01. The zero-order chi connectivity index (χ0) is 13.7. The van der Waals surface area contributed by atoms with Crippen LogP contribution >= 0.6 is 0 Å². The summed E-state index contributed by atoms with van der Waals surface area (Å²) in [6.07, 6.45) is 10.6. The summed E-state index contributed by atoms with van der Waals surface area (Å²) in [6.45, 7) is 0. The summed E-state index contributed by atoms with van der Waals surface area (Å²) in [4.78, 5) is 10.6. The standard InChI is InChI=1S/C13H21N5O/c1-18(10-6-4-2-3-5-7-10)13-11(12(14)17-19)15-8-9-16-13/h8-10,19H,2-7H2,1H3,(H2,14,17). The molecule has 1 fully saturated rings. The molecule has 1 aromatic rings. The zero-order valence-electron chi connectivity index (χ0n) is 11.3. The van der Waals surface area contributed by atoms with E-state index in [0.29, 0.717) is 17.6 Å². The molecule has 0 saturated heterocycles. The number of nitrogens with zero attached hydrogens (tertiary/aromatic N) is 4. The number of anilines is 1. The Bertz CT molecular complexity index is 440. The first-order chi connectivity index (χ1) is 9.24. The Labute approximate surface area is 113 Å². The molecule has 0 atom stereocenters. The van der Waals surface area contributed by atoms with E-state index in [1.165, 1.54) is 25.7 Å². The molecule has 0 amide bonds. The first-order valence-electron chi connectivity index (χ1n) is 6.75. The number of amidine groups is 1. The smallest absolute Gasteiger partial charge is 0.192 e. The topological polar surface area (TPSA) is 87.6 Å². The maximum Gasteiger partial charge on any atom is 0.192 e. The van der Waals surface area contributed by atoms with Crippen LogP contribution in [-0.4, -0.2) is 34.1 Å². The van der Waals surface area contributed by atoms with Gasteiger partial charge < -0.3 is 15.8 Å².